The fraction of sp³-hybridized carbons (Fsp3) is 0.176. The van der Waals surface area contributed by atoms with Crippen molar-refractivity contribution in [2.75, 3.05) is 13.3 Å². The molecule has 3 aromatic rings. The van der Waals surface area contributed by atoms with E-state index >= 15 is 0 Å². The number of fused-ring (bicyclic) bond motifs is 1. The van der Waals surface area contributed by atoms with Crippen LogP contribution in [0.3, 0.4) is 0 Å². The molecule has 2 heterocycles. The molecule has 1 aliphatic rings. The summed E-state index contributed by atoms with van der Waals surface area (Å²) >= 11 is 0. The van der Waals surface area contributed by atoms with Gasteiger partial charge in [0.25, 0.3) is 0 Å². The zero-order chi connectivity index (χ0) is 18.9. The summed E-state index contributed by atoms with van der Waals surface area (Å²) in [7, 11) is -3.72. The fourth-order valence-electron chi connectivity index (χ4n) is 2.49. The van der Waals surface area contributed by atoms with E-state index in [2.05, 4.69) is 14.9 Å². The minimum atomic E-state index is -3.72. The summed E-state index contributed by atoms with van der Waals surface area (Å²) in [6.07, 6.45) is 0.206. The third kappa shape index (κ3) is 3.76. The smallest absolute Gasteiger partial charge is 0.240 e. The Bertz CT molecular complexity index is 1070. The average Bonchev–Trinajstić information content (AvgIpc) is 3.31. The molecule has 0 atom stereocenters. The Labute approximate surface area is 154 Å². The Morgan fingerprint density at radius 3 is 2.67 bits per heavy atom. The molecule has 4 rings (SSSR count). The second kappa shape index (κ2) is 6.97. The number of nitrogens with one attached hydrogen (secondary N) is 1. The Kier molecular flexibility index (Phi) is 4.50. The van der Waals surface area contributed by atoms with Crippen LogP contribution in [-0.2, 0) is 16.4 Å². The van der Waals surface area contributed by atoms with E-state index in [4.69, 9.17) is 14.0 Å². The monoisotopic (exact) mass is 391 g/mol. The van der Waals surface area contributed by atoms with Gasteiger partial charge in [0.15, 0.2) is 11.5 Å². The van der Waals surface area contributed by atoms with Crippen LogP contribution >= 0.6 is 0 Å². The molecule has 1 N–H and O–H groups in total. The molecule has 0 bridgehead atoms. The molecule has 0 amide bonds. The summed E-state index contributed by atoms with van der Waals surface area (Å²) in [5.41, 5.74) is 0.604. The van der Waals surface area contributed by atoms with Crippen molar-refractivity contribution in [2.45, 2.75) is 11.3 Å². The van der Waals surface area contributed by atoms with Crippen molar-refractivity contribution in [1.29, 1.82) is 0 Å². The molecule has 8 nitrogen and oxygen atoms in total. The lowest BCUT2D eigenvalue weighted by Crippen LogP contribution is -2.26. The fourth-order valence-corrected chi connectivity index (χ4v) is 3.54. The van der Waals surface area contributed by atoms with Crippen LogP contribution in [0.15, 0.2) is 51.9 Å². The summed E-state index contributed by atoms with van der Waals surface area (Å²) in [6, 6.07) is 10.1. The first-order valence-corrected chi connectivity index (χ1v) is 9.47. The molecule has 0 aliphatic carbocycles. The van der Waals surface area contributed by atoms with Gasteiger partial charge < -0.3 is 14.0 Å². The SMILES string of the molecule is O=S(=O)(NCCc1nc(-c2ccc(F)cc2)no1)c1ccc2c(c1)OCO2. The number of aromatic nitrogens is 2. The van der Waals surface area contributed by atoms with Crippen LogP contribution in [0.25, 0.3) is 11.4 Å². The second-order valence-electron chi connectivity index (χ2n) is 5.68. The number of ether oxygens (including phenoxy) is 2. The minimum absolute atomic E-state index is 0.0693. The Morgan fingerprint density at radius 1 is 1.07 bits per heavy atom. The maximum Gasteiger partial charge on any atom is 0.240 e. The van der Waals surface area contributed by atoms with E-state index in [-0.39, 0.29) is 36.4 Å². The van der Waals surface area contributed by atoms with Crippen molar-refractivity contribution < 1.29 is 26.8 Å². The van der Waals surface area contributed by atoms with E-state index in [0.717, 1.165) is 0 Å². The summed E-state index contributed by atoms with van der Waals surface area (Å²) in [6.45, 7) is 0.141. The normalized spacial score (nSPS) is 13.1. The average molecular weight is 391 g/mol. The van der Waals surface area contributed by atoms with Crippen LogP contribution in [0, 0.1) is 5.82 Å². The van der Waals surface area contributed by atoms with Gasteiger partial charge in [-0.2, -0.15) is 4.98 Å². The molecule has 27 heavy (non-hydrogen) atoms. The van der Waals surface area contributed by atoms with E-state index in [0.29, 0.717) is 22.9 Å². The molecular formula is C17H14FN3O5S. The van der Waals surface area contributed by atoms with Crippen LogP contribution < -0.4 is 14.2 Å². The molecule has 2 aromatic carbocycles. The third-order valence-electron chi connectivity index (χ3n) is 3.86. The zero-order valence-electron chi connectivity index (χ0n) is 13.9. The van der Waals surface area contributed by atoms with Crippen LogP contribution in [0.4, 0.5) is 4.39 Å². The van der Waals surface area contributed by atoms with Gasteiger partial charge in [-0.25, -0.2) is 17.5 Å². The highest BCUT2D eigenvalue weighted by Gasteiger charge is 2.20. The molecule has 1 aromatic heterocycles. The van der Waals surface area contributed by atoms with Crippen LogP contribution in [-0.4, -0.2) is 31.9 Å². The maximum absolute atomic E-state index is 13.0. The molecule has 0 fully saturated rings. The maximum atomic E-state index is 13.0. The van der Waals surface area contributed by atoms with Gasteiger partial charge in [-0.3, -0.25) is 0 Å². The summed E-state index contributed by atoms with van der Waals surface area (Å²) in [5.74, 6) is 1.11. The molecule has 140 valence electrons. The van der Waals surface area contributed by atoms with Crippen LogP contribution in [0.1, 0.15) is 5.89 Å². The highest BCUT2D eigenvalue weighted by atomic mass is 32.2. The van der Waals surface area contributed by atoms with E-state index in [9.17, 15) is 12.8 Å². The first kappa shape index (κ1) is 17.4. The molecule has 0 spiro atoms. The highest BCUT2D eigenvalue weighted by Crippen LogP contribution is 2.33. The number of halogens is 1. The lowest BCUT2D eigenvalue weighted by Gasteiger charge is -2.06. The standard InChI is InChI=1S/C17H14FN3O5S/c18-12-3-1-11(2-4-12)17-20-16(26-21-17)7-8-19-27(22,23)13-5-6-14-15(9-13)25-10-24-14/h1-6,9,19H,7-8,10H2. The first-order chi connectivity index (χ1) is 13.0. The number of sulfonamides is 1. The number of hydrogen-bond donors (Lipinski definition) is 1. The quantitative estimate of drug-likeness (QED) is 0.686. The largest absolute Gasteiger partial charge is 0.454 e. The lowest BCUT2D eigenvalue weighted by molar-refractivity contribution is 0.174. The third-order valence-corrected chi connectivity index (χ3v) is 5.31. The van der Waals surface area contributed by atoms with Gasteiger partial charge >= 0.3 is 0 Å². The minimum Gasteiger partial charge on any atom is -0.454 e. The predicted octanol–water partition coefficient (Wildman–Crippen LogP) is 2.13. The van der Waals surface area contributed by atoms with Gasteiger partial charge in [-0.15, -0.1) is 0 Å². The van der Waals surface area contributed by atoms with E-state index in [1.807, 2.05) is 0 Å². The van der Waals surface area contributed by atoms with Gasteiger partial charge in [-0.05, 0) is 36.4 Å². The Morgan fingerprint density at radius 2 is 1.85 bits per heavy atom. The van der Waals surface area contributed by atoms with Gasteiger partial charge in [0, 0.05) is 24.6 Å². The van der Waals surface area contributed by atoms with E-state index < -0.39 is 10.0 Å². The molecule has 10 heteroatoms. The zero-order valence-corrected chi connectivity index (χ0v) is 14.7. The highest BCUT2D eigenvalue weighted by molar-refractivity contribution is 7.89. The Balaban J connectivity index is 1.39. The predicted molar refractivity (Wildman–Crippen MR) is 91.1 cm³/mol. The number of nitrogens with zero attached hydrogens (tertiary/aromatic N) is 2. The van der Waals surface area contributed by atoms with E-state index in [1.165, 1.54) is 36.4 Å². The molecular weight excluding hydrogens is 377 g/mol. The van der Waals surface area contributed by atoms with Crippen molar-refractivity contribution in [3.05, 3.63) is 54.2 Å². The summed E-state index contributed by atoms with van der Waals surface area (Å²) < 4.78 is 55.6. The first-order valence-electron chi connectivity index (χ1n) is 7.99. The van der Waals surface area contributed by atoms with Crippen molar-refractivity contribution in [3.63, 3.8) is 0 Å². The molecule has 0 saturated carbocycles. The van der Waals surface area contributed by atoms with Crippen molar-refractivity contribution in [3.8, 4) is 22.9 Å². The van der Waals surface area contributed by atoms with Crippen molar-refractivity contribution in [2.24, 2.45) is 0 Å². The van der Waals surface area contributed by atoms with Gasteiger partial charge in [-0.1, -0.05) is 5.16 Å². The number of benzene rings is 2. The van der Waals surface area contributed by atoms with Gasteiger partial charge in [0.05, 0.1) is 4.90 Å². The molecule has 0 unspecified atom stereocenters. The molecule has 0 saturated heterocycles. The van der Waals surface area contributed by atoms with Gasteiger partial charge in [0.1, 0.15) is 5.82 Å². The lowest BCUT2D eigenvalue weighted by atomic mass is 10.2. The van der Waals surface area contributed by atoms with Crippen molar-refractivity contribution in [1.82, 2.24) is 14.9 Å². The van der Waals surface area contributed by atoms with Crippen LogP contribution in [0.2, 0.25) is 0 Å². The van der Waals surface area contributed by atoms with Crippen molar-refractivity contribution >= 4 is 10.0 Å². The summed E-state index contributed by atoms with van der Waals surface area (Å²) in [4.78, 5) is 4.25. The Hall–Kier alpha value is -2.98. The summed E-state index contributed by atoms with van der Waals surface area (Å²) in [5, 5.41) is 3.81. The van der Waals surface area contributed by atoms with Crippen LogP contribution in [0.5, 0.6) is 11.5 Å². The molecule has 1 aliphatic heterocycles. The number of rotatable bonds is 6. The van der Waals surface area contributed by atoms with E-state index in [1.54, 1.807) is 6.07 Å². The van der Waals surface area contributed by atoms with Gasteiger partial charge in [0.2, 0.25) is 28.5 Å². The topological polar surface area (TPSA) is 104 Å². The molecule has 0 radical (unpaired) electrons. The second-order valence-corrected chi connectivity index (χ2v) is 7.45. The number of hydrogen-bond acceptors (Lipinski definition) is 7.